The molecule has 1 fully saturated rings. The SMILES string of the molecule is C[C@H](C(=O)NN)n1nc(C(F)(F)F)cc1C1CC1. The summed E-state index contributed by atoms with van der Waals surface area (Å²) in [7, 11) is 0. The molecule has 0 aliphatic heterocycles. The van der Waals surface area contributed by atoms with Crippen LogP contribution in [0.5, 0.6) is 0 Å². The molecule has 0 bridgehead atoms. The molecule has 0 unspecified atom stereocenters. The predicted octanol–water partition coefficient (Wildman–Crippen LogP) is 1.33. The van der Waals surface area contributed by atoms with Gasteiger partial charge in [0.15, 0.2) is 5.69 Å². The number of rotatable bonds is 3. The van der Waals surface area contributed by atoms with E-state index < -0.39 is 23.8 Å². The van der Waals surface area contributed by atoms with Crippen LogP contribution in [-0.2, 0) is 11.0 Å². The molecule has 100 valence electrons. The van der Waals surface area contributed by atoms with Crippen LogP contribution in [0.1, 0.15) is 43.1 Å². The summed E-state index contributed by atoms with van der Waals surface area (Å²) in [5.74, 6) is 4.46. The Morgan fingerprint density at radius 1 is 1.61 bits per heavy atom. The summed E-state index contributed by atoms with van der Waals surface area (Å²) in [4.78, 5) is 11.4. The standard InChI is InChI=1S/C10H13F3N4O/c1-5(9(18)15-14)17-7(6-2-3-6)4-8(16-17)10(11,12)13/h4-6H,2-3,14H2,1H3,(H,15,18)/t5-/m1/s1. The quantitative estimate of drug-likeness (QED) is 0.490. The Hall–Kier alpha value is -1.57. The van der Waals surface area contributed by atoms with Gasteiger partial charge in [0.05, 0.1) is 0 Å². The summed E-state index contributed by atoms with van der Waals surface area (Å²) < 4.78 is 38.9. The number of halogens is 3. The summed E-state index contributed by atoms with van der Waals surface area (Å²) in [6, 6.07) is 0.152. The zero-order valence-corrected chi connectivity index (χ0v) is 9.66. The Morgan fingerprint density at radius 3 is 2.67 bits per heavy atom. The summed E-state index contributed by atoms with van der Waals surface area (Å²) in [5.41, 5.74) is 1.39. The number of carbonyl (C=O) groups is 1. The normalized spacial score (nSPS) is 17.6. The van der Waals surface area contributed by atoms with Crippen molar-refractivity contribution < 1.29 is 18.0 Å². The van der Waals surface area contributed by atoms with E-state index >= 15 is 0 Å². The number of hydrogen-bond donors (Lipinski definition) is 2. The van der Waals surface area contributed by atoms with Gasteiger partial charge in [-0.1, -0.05) is 0 Å². The highest BCUT2D eigenvalue weighted by Gasteiger charge is 2.39. The number of carbonyl (C=O) groups excluding carboxylic acids is 1. The van der Waals surface area contributed by atoms with Gasteiger partial charge in [-0.3, -0.25) is 14.9 Å². The largest absolute Gasteiger partial charge is 0.435 e. The van der Waals surface area contributed by atoms with Gasteiger partial charge >= 0.3 is 6.18 Å². The van der Waals surface area contributed by atoms with Gasteiger partial charge < -0.3 is 0 Å². The van der Waals surface area contributed by atoms with Gasteiger partial charge in [0.25, 0.3) is 5.91 Å². The van der Waals surface area contributed by atoms with Crippen molar-refractivity contribution in [2.24, 2.45) is 5.84 Å². The van der Waals surface area contributed by atoms with Gasteiger partial charge in [-0.15, -0.1) is 0 Å². The van der Waals surface area contributed by atoms with Crippen LogP contribution in [0.4, 0.5) is 13.2 Å². The molecule has 0 saturated heterocycles. The van der Waals surface area contributed by atoms with Crippen molar-refractivity contribution in [1.82, 2.24) is 15.2 Å². The first kappa shape index (κ1) is 12.9. The van der Waals surface area contributed by atoms with E-state index in [0.717, 1.165) is 23.6 Å². The third-order valence-electron chi connectivity index (χ3n) is 2.94. The first-order valence-electron chi connectivity index (χ1n) is 5.51. The van der Waals surface area contributed by atoms with Crippen LogP contribution < -0.4 is 11.3 Å². The van der Waals surface area contributed by atoms with Crippen molar-refractivity contribution in [3.63, 3.8) is 0 Å². The van der Waals surface area contributed by atoms with Gasteiger partial charge in [0.2, 0.25) is 0 Å². The van der Waals surface area contributed by atoms with E-state index in [1.807, 2.05) is 5.43 Å². The maximum atomic E-state index is 12.6. The smallest absolute Gasteiger partial charge is 0.292 e. The lowest BCUT2D eigenvalue weighted by Crippen LogP contribution is -2.36. The number of aromatic nitrogens is 2. The van der Waals surface area contributed by atoms with E-state index in [1.165, 1.54) is 6.92 Å². The molecular formula is C10H13F3N4O. The molecule has 3 N–H and O–H groups in total. The first-order chi connectivity index (χ1) is 8.34. The Labute approximate surface area is 101 Å². The zero-order chi connectivity index (χ0) is 13.5. The third kappa shape index (κ3) is 2.33. The van der Waals surface area contributed by atoms with Gasteiger partial charge in [-0.05, 0) is 25.8 Å². The highest BCUT2D eigenvalue weighted by atomic mass is 19.4. The number of amides is 1. The maximum absolute atomic E-state index is 12.6. The highest BCUT2D eigenvalue weighted by Crippen LogP contribution is 2.42. The molecule has 8 heteroatoms. The van der Waals surface area contributed by atoms with Crippen molar-refractivity contribution in [2.45, 2.75) is 37.9 Å². The summed E-state index contributed by atoms with van der Waals surface area (Å²) in [5, 5.41) is 3.49. The summed E-state index contributed by atoms with van der Waals surface area (Å²) in [6.45, 7) is 1.46. The molecule has 5 nitrogen and oxygen atoms in total. The molecule has 1 heterocycles. The number of nitrogens with two attached hydrogens (primary N) is 1. The molecule has 1 aromatic rings. The fourth-order valence-electron chi connectivity index (χ4n) is 1.77. The summed E-state index contributed by atoms with van der Waals surface area (Å²) in [6.07, 6.45) is -2.87. The van der Waals surface area contributed by atoms with Gasteiger partial charge in [0.1, 0.15) is 6.04 Å². The fraction of sp³-hybridized carbons (Fsp3) is 0.600. The minimum Gasteiger partial charge on any atom is -0.292 e. The van der Waals surface area contributed by atoms with Crippen molar-refractivity contribution in [2.75, 3.05) is 0 Å². The Bertz CT molecular complexity index is 464. The molecule has 0 spiro atoms. The van der Waals surface area contributed by atoms with Crippen molar-refractivity contribution >= 4 is 5.91 Å². The molecule has 1 amide bonds. The van der Waals surface area contributed by atoms with Crippen LogP contribution in [0.15, 0.2) is 6.07 Å². The molecule has 18 heavy (non-hydrogen) atoms. The number of nitrogens with zero attached hydrogens (tertiary/aromatic N) is 2. The van der Waals surface area contributed by atoms with Crippen molar-refractivity contribution in [3.05, 3.63) is 17.5 Å². The predicted molar refractivity (Wildman–Crippen MR) is 56.2 cm³/mol. The monoisotopic (exact) mass is 262 g/mol. The van der Waals surface area contributed by atoms with Crippen LogP contribution in [-0.4, -0.2) is 15.7 Å². The Morgan fingerprint density at radius 2 is 2.22 bits per heavy atom. The molecule has 1 saturated carbocycles. The highest BCUT2D eigenvalue weighted by molar-refractivity contribution is 5.79. The molecule has 1 atom stereocenters. The van der Waals surface area contributed by atoms with Crippen molar-refractivity contribution in [1.29, 1.82) is 0 Å². The third-order valence-corrected chi connectivity index (χ3v) is 2.94. The molecule has 1 aromatic heterocycles. The second kappa shape index (κ2) is 4.27. The first-order valence-corrected chi connectivity index (χ1v) is 5.51. The molecule has 1 aliphatic rings. The van der Waals surface area contributed by atoms with E-state index in [0.29, 0.717) is 5.69 Å². The minimum atomic E-state index is -4.51. The van der Waals surface area contributed by atoms with Crippen LogP contribution in [0.3, 0.4) is 0 Å². The van der Waals surface area contributed by atoms with Crippen molar-refractivity contribution in [3.8, 4) is 0 Å². The van der Waals surface area contributed by atoms with Gasteiger partial charge in [-0.25, -0.2) is 5.84 Å². The maximum Gasteiger partial charge on any atom is 0.435 e. The van der Waals surface area contributed by atoms with E-state index in [1.54, 1.807) is 0 Å². The number of hydrogen-bond acceptors (Lipinski definition) is 3. The average Bonchev–Trinajstić information content (AvgIpc) is 3.04. The molecule has 2 rings (SSSR count). The topological polar surface area (TPSA) is 72.9 Å². The number of alkyl halides is 3. The fourth-order valence-corrected chi connectivity index (χ4v) is 1.77. The van der Waals surface area contributed by atoms with Gasteiger partial charge in [-0.2, -0.15) is 18.3 Å². The molecule has 1 aliphatic carbocycles. The second-order valence-corrected chi connectivity index (χ2v) is 4.36. The number of hydrazine groups is 1. The average molecular weight is 262 g/mol. The Kier molecular flexibility index (Phi) is 3.05. The minimum absolute atomic E-state index is 0.0571. The van der Waals surface area contributed by atoms with Crippen LogP contribution in [0.25, 0.3) is 0 Å². The van der Waals surface area contributed by atoms with E-state index in [-0.39, 0.29) is 5.92 Å². The molecule has 0 aromatic carbocycles. The van der Waals surface area contributed by atoms with E-state index in [9.17, 15) is 18.0 Å². The van der Waals surface area contributed by atoms with Gasteiger partial charge in [0, 0.05) is 11.6 Å². The zero-order valence-electron chi connectivity index (χ0n) is 9.66. The van der Waals surface area contributed by atoms with Crippen LogP contribution in [0.2, 0.25) is 0 Å². The summed E-state index contributed by atoms with van der Waals surface area (Å²) >= 11 is 0. The van der Waals surface area contributed by atoms with Crippen LogP contribution >= 0.6 is 0 Å². The molecule has 0 radical (unpaired) electrons. The van der Waals surface area contributed by atoms with Crippen LogP contribution in [0, 0.1) is 0 Å². The molecular weight excluding hydrogens is 249 g/mol. The lowest BCUT2D eigenvalue weighted by atomic mass is 10.2. The Balaban J connectivity index is 2.38. The second-order valence-electron chi connectivity index (χ2n) is 4.36. The van der Waals surface area contributed by atoms with E-state index in [4.69, 9.17) is 5.84 Å². The lowest BCUT2D eigenvalue weighted by molar-refractivity contribution is -0.142. The van der Waals surface area contributed by atoms with E-state index in [2.05, 4.69) is 5.10 Å². The lowest BCUT2D eigenvalue weighted by Gasteiger charge is -2.13. The number of nitrogens with one attached hydrogen (secondary N) is 1.